The van der Waals surface area contributed by atoms with E-state index in [0.717, 1.165) is 17.9 Å². The quantitative estimate of drug-likeness (QED) is 0.852. The lowest BCUT2D eigenvalue weighted by molar-refractivity contribution is 1.02. The van der Waals surface area contributed by atoms with Gasteiger partial charge in [0.05, 0.1) is 11.9 Å². The summed E-state index contributed by atoms with van der Waals surface area (Å²) in [6.07, 6.45) is 1.80. The monoisotopic (exact) mass is 213 g/mol. The van der Waals surface area contributed by atoms with Crippen molar-refractivity contribution >= 4 is 17.2 Å². The van der Waals surface area contributed by atoms with Gasteiger partial charge in [-0.15, -0.1) is 0 Å². The van der Waals surface area contributed by atoms with E-state index in [1.807, 2.05) is 30.3 Å². The van der Waals surface area contributed by atoms with Crippen LogP contribution in [-0.2, 0) is 0 Å². The number of benzene rings is 1. The Balaban J connectivity index is 2.33. The van der Waals surface area contributed by atoms with Crippen LogP contribution in [0.4, 0.5) is 17.2 Å². The molecule has 1 aromatic carbocycles. The first-order valence-corrected chi connectivity index (χ1v) is 5.35. The molecule has 0 aliphatic carbocycles. The Hall–Kier alpha value is -2.03. The smallest absolute Gasteiger partial charge is 0.123 e. The van der Waals surface area contributed by atoms with E-state index < -0.39 is 0 Å². The topological polar surface area (TPSA) is 42.1 Å². The lowest BCUT2D eigenvalue weighted by atomic mass is 10.2. The molecule has 3 nitrogen and oxygen atoms in total. The van der Waals surface area contributed by atoms with E-state index in [1.165, 1.54) is 0 Å². The van der Waals surface area contributed by atoms with Crippen LogP contribution >= 0.6 is 0 Å². The summed E-state index contributed by atoms with van der Waals surface area (Å²) in [6.45, 7) is 3.01. The fraction of sp³-hybridized carbons (Fsp3) is 0.154. The summed E-state index contributed by atoms with van der Waals surface area (Å²) in [4.78, 5) is 6.30. The molecule has 0 saturated carbocycles. The minimum absolute atomic E-state index is 0.549. The molecule has 0 aliphatic heterocycles. The molecule has 0 saturated heterocycles. The van der Waals surface area contributed by atoms with Gasteiger partial charge in [0.2, 0.25) is 0 Å². The Labute approximate surface area is 95.5 Å². The Bertz CT molecular complexity index is 436. The molecule has 0 atom stereocenters. The summed E-state index contributed by atoms with van der Waals surface area (Å²) in [5, 5.41) is 0. The number of para-hydroxylation sites is 1. The molecule has 1 heterocycles. The Morgan fingerprint density at radius 3 is 2.38 bits per heavy atom. The van der Waals surface area contributed by atoms with Crippen molar-refractivity contribution in [1.82, 2.24) is 4.98 Å². The number of nitrogens with zero attached hydrogens (tertiary/aromatic N) is 2. The van der Waals surface area contributed by atoms with Gasteiger partial charge in [0.25, 0.3) is 0 Å². The van der Waals surface area contributed by atoms with Crippen molar-refractivity contribution < 1.29 is 0 Å². The molecule has 0 aliphatic rings. The zero-order chi connectivity index (χ0) is 11.4. The second kappa shape index (κ2) is 4.66. The lowest BCUT2D eigenvalue weighted by Crippen LogP contribution is -2.16. The van der Waals surface area contributed by atoms with Gasteiger partial charge in [-0.2, -0.15) is 0 Å². The maximum absolute atomic E-state index is 5.58. The Kier molecular flexibility index (Phi) is 3.05. The molecule has 0 radical (unpaired) electrons. The van der Waals surface area contributed by atoms with Crippen LogP contribution in [0.5, 0.6) is 0 Å². The molecule has 2 aromatic rings. The van der Waals surface area contributed by atoms with Crippen LogP contribution in [0.15, 0.2) is 48.7 Å². The standard InChI is InChI=1S/C13H15N3/c1-2-16(11-6-4-3-5-7-11)12-8-9-13(14)15-10-12/h3-10H,2H2,1H3,(H2,14,15). The van der Waals surface area contributed by atoms with Crippen molar-refractivity contribution in [2.45, 2.75) is 6.92 Å². The van der Waals surface area contributed by atoms with E-state index in [9.17, 15) is 0 Å². The van der Waals surface area contributed by atoms with E-state index in [-0.39, 0.29) is 0 Å². The van der Waals surface area contributed by atoms with E-state index in [2.05, 4.69) is 28.9 Å². The molecule has 2 rings (SSSR count). The highest BCUT2D eigenvalue weighted by Gasteiger charge is 2.06. The van der Waals surface area contributed by atoms with Crippen molar-refractivity contribution in [3.05, 3.63) is 48.7 Å². The maximum Gasteiger partial charge on any atom is 0.123 e. The minimum Gasteiger partial charge on any atom is -0.384 e. The summed E-state index contributed by atoms with van der Waals surface area (Å²) >= 11 is 0. The summed E-state index contributed by atoms with van der Waals surface area (Å²) < 4.78 is 0. The SMILES string of the molecule is CCN(c1ccccc1)c1ccc(N)nc1. The largest absolute Gasteiger partial charge is 0.384 e. The number of nitrogen functional groups attached to an aromatic ring is 1. The van der Waals surface area contributed by atoms with E-state index in [1.54, 1.807) is 6.20 Å². The predicted molar refractivity (Wildman–Crippen MR) is 67.8 cm³/mol. The highest BCUT2D eigenvalue weighted by Crippen LogP contribution is 2.24. The second-order valence-electron chi connectivity index (χ2n) is 3.52. The molecule has 2 N–H and O–H groups in total. The average molecular weight is 213 g/mol. The van der Waals surface area contributed by atoms with Crippen LogP contribution in [-0.4, -0.2) is 11.5 Å². The van der Waals surface area contributed by atoms with Gasteiger partial charge in [0, 0.05) is 12.2 Å². The van der Waals surface area contributed by atoms with Crippen LogP contribution in [0.3, 0.4) is 0 Å². The van der Waals surface area contributed by atoms with Gasteiger partial charge in [0.1, 0.15) is 5.82 Å². The number of aromatic nitrogens is 1. The van der Waals surface area contributed by atoms with Gasteiger partial charge in [-0.05, 0) is 31.2 Å². The van der Waals surface area contributed by atoms with Gasteiger partial charge in [-0.3, -0.25) is 0 Å². The summed E-state index contributed by atoms with van der Waals surface area (Å²) in [6, 6.07) is 14.0. The maximum atomic E-state index is 5.58. The summed E-state index contributed by atoms with van der Waals surface area (Å²) in [5.41, 5.74) is 7.80. The van der Waals surface area contributed by atoms with Crippen molar-refractivity contribution in [2.24, 2.45) is 0 Å². The van der Waals surface area contributed by atoms with Gasteiger partial charge >= 0.3 is 0 Å². The van der Waals surface area contributed by atoms with Gasteiger partial charge in [-0.25, -0.2) is 4.98 Å². The van der Waals surface area contributed by atoms with Gasteiger partial charge in [0.15, 0.2) is 0 Å². The molecular formula is C13H15N3. The lowest BCUT2D eigenvalue weighted by Gasteiger charge is -2.22. The number of rotatable bonds is 3. The first kappa shape index (κ1) is 10.5. The van der Waals surface area contributed by atoms with E-state index in [4.69, 9.17) is 5.73 Å². The Morgan fingerprint density at radius 2 is 1.81 bits per heavy atom. The zero-order valence-electron chi connectivity index (χ0n) is 9.30. The number of anilines is 3. The molecule has 16 heavy (non-hydrogen) atoms. The van der Waals surface area contributed by atoms with Crippen molar-refractivity contribution in [3.8, 4) is 0 Å². The zero-order valence-corrected chi connectivity index (χ0v) is 9.30. The van der Waals surface area contributed by atoms with Crippen LogP contribution in [0.1, 0.15) is 6.92 Å². The fourth-order valence-electron chi connectivity index (χ4n) is 1.68. The third-order valence-electron chi connectivity index (χ3n) is 2.47. The molecule has 0 bridgehead atoms. The first-order chi connectivity index (χ1) is 7.81. The van der Waals surface area contributed by atoms with Gasteiger partial charge < -0.3 is 10.6 Å². The van der Waals surface area contributed by atoms with E-state index >= 15 is 0 Å². The normalized spacial score (nSPS) is 10.1. The molecule has 3 heteroatoms. The fourth-order valence-corrected chi connectivity index (χ4v) is 1.68. The number of hydrogen-bond donors (Lipinski definition) is 1. The number of pyridine rings is 1. The number of nitrogens with two attached hydrogens (primary N) is 1. The Morgan fingerprint density at radius 1 is 1.06 bits per heavy atom. The third kappa shape index (κ3) is 2.14. The van der Waals surface area contributed by atoms with Crippen LogP contribution < -0.4 is 10.6 Å². The van der Waals surface area contributed by atoms with E-state index in [0.29, 0.717) is 5.82 Å². The average Bonchev–Trinajstić information content (AvgIpc) is 2.34. The predicted octanol–water partition coefficient (Wildman–Crippen LogP) is 2.82. The third-order valence-corrected chi connectivity index (χ3v) is 2.47. The first-order valence-electron chi connectivity index (χ1n) is 5.35. The van der Waals surface area contributed by atoms with Gasteiger partial charge in [-0.1, -0.05) is 18.2 Å². The van der Waals surface area contributed by atoms with Crippen molar-refractivity contribution in [1.29, 1.82) is 0 Å². The summed E-state index contributed by atoms with van der Waals surface area (Å²) in [7, 11) is 0. The molecule has 82 valence electrons. The molecule has 1 aromatic heterocycles. The van der Waals surface area contributed by atoms with Crippen LogP contribution in [0, 0.1) is 0 Å². The van der Waals surface area contributed by atoms with Crippen LogP contribution in [0.2, 0.25) is 0 Å². The van der Waals surface area contributed by atoms with Crippen molar-refractivity contribution in [3.63, 3.8) is 0 Å². The molecule has 0 fully saturated rings. The summed E-state index contributed by atoms with van der Waals surface area (Å²) in [5.74, 6) is 0.549. The highest BCUT2D eigenvalue weighted by molar-refractivity contribution is 5.62. The van der Waals surface area contributed by atoms with Crippen molar-refractivity contribution in [2.75, 3.05) is 17.2 Å². The highest BCUT2D eigenvalue weighted by atomic mass is 15.1. The molecular weight excluding hydrogens is 198 g/mol. The molecule has 0 spiro atoms. The van der Waals surface area contributed by atoms with Crippen LogP contribution in [0.25, 0.3) is 0 Å². The minimum atomic E-state index is 0.549. The molecule has 0 unspecified atom stereocenters. The second-order valence-corrected chi connectivity index (χ2v) is 3.52. The number of hydrogen-bond acceptors (Lipinski definition) is 3. The molecule has 0 amide bonds.